The van der Waals surface area contributed by atoms with E-state index >= 15 is 0 Å². The van der Waals surface area contributed by atoms with Crippen molar-refractivity contribution in [2.75, 3.05) is 7.11 Å². The largest absolute Gasteiger partial charge is 0.465 e. The average Bonchev–Trinajstić information content (AvgIpc) is 2.96. The quantitative estimate of drug-likeness (QED) is 0.670. The van der Waals surface area contributed by atoms with Gasteiger partial charge < -0.3 is 9.30 Å². The van der Waals surface area contributed by atoms with Crippen molar-refractivity contribution in [1.29, 1.82) is 0 Å². The Labute approximate surface area is 146 Å². The van der Waals surface area contributed by atoms with Gasteiger partial charge in [0, 0.05) is 18.9 Å². The van der Waals surface area contributed by atoms with E-state index in [0.717, 1.165) is 24.9 Å². The van der Waals surface area contributed by atoms with Crippen molar-refractivity contribution in [2.45, 2.75) is 33.2 Å². The molecule has 0 bridgehead atoms. The minimum absolute atomic E-state index is 0.236. The number of hydrogen-bond donors (Lipinski definition) is 0. The summed E-state index contributed by atoms with van der Waals surface area (Å²) in [5.74, 6) is -0.495. The molecule has 6 nitrogen and oxygen atoms in total. The minimum atomic E-state index is -0.495. The maximum Gasteiger partial charge on any atom is 0.341 e. The molecule has 2 heterocycles. The summed E-state index contributed by atoms with van der Waals surface area (Å²) < 4.78 is 8.10. The van der Waals surface area contributed by atoms with Gasteiger partial charge in [-0.1, -0.05) is 31.5 Å². The molecule has 130 valence electrons. The first-order valence-electron chi connectivity index (χ1n) is 8.34. The second-order valence-corrected chi connectivity index (χ2v) is 6.02. The molecule has 0 radical (unpaired) electrons. The van der Waals surface area contributed by atoms with E-state index in [1.807, 2.05) is 35.8 Å². The molecule has 6 heteroatoms. The molecule has 0 amide bonds. The van der Waals surface area contributed by atoms with Crippen molar-refractivity contribution in [3.8, 4) is 16.9 Å². The Bertz CT molecular complexity index is 939. The lowest BCUT2D eigenvalue weighted by Crippen LogP contribution is -2.16. The number of benzene rings is 1. The van der Waals surface area contributed by atoms with Gasteiger partial charge in [0.2, 0.25) is 0 Å². The highest BCUT2D eigenvalue weighted by Crippen LogP contribution is 2.24. The molecule has 0 aliphatic carbocycles. The first-order chi connectivity index (χ1) is 12.1. The normalized spacial score (nSPS) is 11.0. The molecular formula is C19H21N3O3. The van der Waals surface area contributed by atoms with Crippen LogP contribution in [0.1, 0.15) is 35.7 Å². The Morgan fingerprint density at radius 3 is 2.68 bits per heavy atom. The molecule has 0 spiro atoms. The lowest BCUT2D eigenvalue weighted by Gasteiger charge is -2.10. The Kier molecular flexibility index (Phi) is 4.70. The van der Waals surface area contributed by atoms with E-state index in [1.165, 1.54) is 11.8 Å². The molecule has 0 saturated heterocycles. The number of carbonyl (C=O) groups is 1. The molecule has 0 atom stereocenters. The van der Waals surface area contributed by atoms with Gasteiger partial charge in [-0.25, -0.2) is 4.79 Å². The van der Waals surface area contributed by atoms with Gasteiger partial charge >= 0.3 is 5.97 Å². The maximum absolute atomic E-state index is 12.9. The second kappa shape index (κ2) is 6.93. The highest BCUT2D eigenvalue weighted by Gasteiger charge is 2.25. The predicted octanol–water partition coefficient (Wildman–Crippen LogP) is 3.03. The van der Waals surface area contributed by atoms with Crippen LogP contribution in [0, 0.1) is 6.92 Å². The number of rotatable bonds is 5. The number of methoxy groups -OCH3 is 1. The second-order valence-electron chi connectivity index (χ2n) is 6.02. The summed E-state index contributed by atoms with van der Waals surface area (Å²) in [6, 6.07) is 7.53. The van der Waals surface area contributed by atoms with Gasteiger partial charge in [0.05, 0.1) is 18.4 Å². The fourth-order valence-electron chi connectivity index (χ4n) is 2.85. The molecule has 25 heavy (non-hydrogen) atoms. The number of aryl methyl sites for hydroxylation is 2. The van der Waals surface area contributed by atoms with Crippen LogP contribution in [0.2, 0.25) is 0 Å². The van der Waals surface area contributed by atoms with Crippen molar-refractivity contribution in [1.82, 2.24) is 14.3 Å². The summed E-state index contributed by atoms with van der Waals surface area (Å²) in [6.45, 7) is 4.74. The van der Waals surface area contributed by atoms with Gasteiger partial charge in [0.15, 0.2) is 0 Å². The number of unbranched alkanes of at least 4 members (excludes halogenated alkanes) is 1. The third-order valence-electron chi connectivity index (χ3n) is 4.24. The van der Waals surface area contributed by atoms with Gasteiger partial charge in [0.1, 0.15) is 11.3 Å². The summed E-state index contributed by atoms with van der Waals surface area (Å²) in [7, 11) is 1.33. The first-order valence-corrected chi connectivity index (χ1v) is 8.34. The van der Waals surface area contributed by atoms with Gasteiger partial charge in [-0.15, -0.1) is 0 Å². The standard InChI is InChI=1S/C19H21N3O3/c1-4-5-10-21-11-14-17(15(12-21)19(24)25-3)20-22(18(14)23)16-9-7-6-8-13(16)2/h6-9,11-12H,4-5,10H2,1-3H3. The Morgan fingerprint density at radius 1 is 1.24 bits per heavy atom. The lowest BCUT2D eigenvalue weighted by molar-refractivity contribution is 0.0600. The van der Waals surface area contributed by atoms with Crippen molar-refractivity contribution in [3.63, 3.8) is 0 Å². The zero-order valence-corrected chi connectivity index (χ0v) is 14.7. The van der Waals surface area contributed by atoms with E-state index in [0.29, 0.717) is 22.5 Å². The van der Waals surface area contributed by atoms with Crippen molar-refractivity contribution >= 4 is 5.97 Å². The van der Waals surface area contributed by atoms with Crippen LogP contribution in [-0.4, -0.2) is 27.4 Å². The lowest BCUT2D eigenvalue weighted by atomic mass is 10.1. The first kappa shape index (κ1) is 17.0. The van der Waals surface area contributed by atoms with Crippen LogP contribution in [0.4, 0.5) is 0 Å². The van der Waals surface area contributed by atoms with E-state index < -0.39 is 5.97 Å². The molecular weight excluding hydrogens is 318 g/mol. The maximum atomic E-state index is 12.9. The average molecular weight is 339 g/mol. The number of fused-ring (bicyclic) bond motifs is 1. The van der Waals surface area contributed by atoms with Gasteiger partial charge in [-0.2, -0.15) is 9.78 Å². The molecule has 2 aliphatic rings. The highest BCUT2D eigenvalue weighted by molar-refractivity contribution is 5.96. The number of pyridine rings is 1. The highest BCUT2D eigenvalue weighted by atomic mass is 16.5. The SMILES string of the molecule is CCCCn1cc(C(=O)OC)c2nn(-c3ccccc3C)c(=O)c-2c1. The van der Waals surface area contributed by atoms with Gasteiger partial charge in [0.25, 0.3) is 5.56 Å². The van der Waals surface area contributed by atoms with Crippen LogP contribution in [0.25, 0.3) is 16.9 Å². The summed E-state index contributed by atoms with van der Waals surface area (Å²) in [5, 5.41) is 4.42. The fourth-order valence-corrected chi connectivity index (χ4v) is 2.85. The van der Waals surface area contributed by atoms with Crippen LogP contribution in [-0.2, 0) is 11.3 Å². The van der Waals surface area contributed by atoms with Crippen molar-refractivity contribution in [3.05, 3.63) is 58.1 Å². The Balaban J connectivity index is 2.25. The number of para-hydroxylation sites is 1. The van der Waals surface area contributed by atoms with Crippen LogP contribution in [0.3, 0.4) is 0 Å². The number of aromatic nitrogens is 3. The van der Waals surface area contributed by atoms with E-state index in [9.17, 15) is 9.59 Å². The van der Waals surface area contributed by atoms with Crippen molar-refractivity contribution < 1.29 is 9.53 Å². The summed E-state index contributed by atoms with van der Waals surface area (Å²) in [5.41, 5.74) is 2.50. The smallest absolute Gasteiger partial charge is 0.341 e. The molecule has 0 fully saturated rings. The van der Waals surface area contributed by atoms with Crippen LogP contribution in [0.5, 0.6) is 0 Å². The molecule has 3 rings (SSSR count). The van der Waals surface area contributed by atoms with Gasteiger partial charge in [-0.05, 0) is 25.0 Å². The van der Waals surface area contributed by atoms with E-state index in [4.69, 9.17) is 4.74 Å². The van der Waals surface area contributed by atoms with Crippen LogP contribution >= 0.6 is 0 Å². The zero-order chi connectivity index (χ0) is 18.0. The molecule has 0 N–H and O–H groups in total. The molecule has 0 unspecified atom stereocenters. The summed E-state index contributed by atoms with van der Waals surface area (Å²) in [6.07, 6.45) is 5.45. The molecule has 0 saturated carbocycles. The molecule has 0 aromatic heterocycles. The van der Waals surface area contributed by atoms with E-state index in [1.54, 1.807) is 12.4 Å². The topological polar surface area (TPSA) is 66.1 Å². The number of hydrogen-bond acceptors (Lipinski definition) is 4. The Morgan fingerprint density at radius 2 is 2.00 bits per heavy atom. The van der Waals surface area contributed by atoms with E-state index in [-0.39, 0.29) is 5.56 Å². The van der Waals surface area contributed by atoms with E-state index in [2.05, 4.69) is 12.0 Å². The zero-order valence-electron chi connectivity index (χ0n) is 14.7. The summed E-state index contributed by atoms with van der Waals surface area (Å²) >= 11 is 0. The monoisotopic (exact) mass is 339 g/mol. The van der Waals surface area contributed by atoms with Crippen LogP contribution < -0.4 is 5.56 Å². The number of esters is 1. The third-order valence-corrected chi connectivity index (χ3v) is 4.24. The predicted molar refractivity (Wildman–Crippen MR) is 95.4 cm³/mol. The van der Waals surface area contributed by atoms with Crippen LogP contribution in [0.15, 0.2) is 41.5 Å². The van der Waals surface area contributed by atoms with Gasteiger partial charge in [-0.3, -0.25) is 4.79 Å². The Hall–Kier alpha value is -2.89. The minimum Gasteiger partial charge on any atom is -0.465 e. The summed E-state index contributed by atoms with van der Waals surface area (Å²) in [4.78, 5) is 25.1. The number of carbonyl (C=O) groups excluding carboxylic acids is 1. The number of ether oxygens (including phenoxy) is 1. The molecule has 1 aromatic carbocycles. The number of nitrogens with zero attached hydrogens (tertiary/aromatic N) is 3. The molecule has 2 aliphatic heterocycles. The fraction of sp³-hybridized carbons (Fsp3) is 0.316. The third kappa shape index (κ3) is 3.07. The van der Waals surface area contributed by atoms with Crippen molar-refractivity contribution in [2.24, 2.45) is 0 Å². The molecule has 1 aromatic rings.